The van der Waals surface area contributed by atoms with Crippen molar-refractivity contribution in [3.8, 4) is 11.3 Å². The number of furan rings is 1. The summed E-state index contributed by atoms with van der Waals surface area (Å²) in [6.07, 6.45) is 1.08. The van der Waals surface area contributed by atoms with E-state index in [4.69, 9.17) is 27.6 Å². The SMILES string of the molecule is CC(C)(C)CC(C)(C)NCc1ccc(-c2cc(Cl)ccc2Cl)o1.Cl. The smallest absolute Gasteiger partial charge is 0.135 e. The fourth-order valence-electron chi connectivity index (χ4n) is 3.02. The van der Waals surface area contributed by atoms with Crippen molar-refractivity contribution in [1.82, 2.24) is 5.32 Å². The molecule has 0 amide bonds. The summed E-state index contributed by atoms with van der Waals surface area (Å²) >= 11 is 12.3. The monoisotopic (exact) mass is 389 g/mol. The van der Waals surface area contributed by atoms with E-state index >= 15 is 0 Å². The second-order valence-electron chi connectivity index (χ2n) is 7.87. The van der Waals surface area contributed by atoms with E-state index in [2.05, 4.69) is 39.9 Å². The highest BCUT2D eigenvalue weighted by molar-refractivity contribution is 6.35. The molecule has 1 heterocycles. The van der Waals surface area contributed by atoms with Gasteiger partial charge in [0.05, 0.1) is 11.6 Å². The van der Waals surface area contributed by atoms with Crippen molar-refractivity contribution in [2.75, 3.05) is 0 Å². The summed E-state index contributed by atoms with van der Waals surface area (Å²) < 4.78 is 5.93. The predicted molar refractivity (Wildman–Crippen MR) is 106 cm³/mol. The number of benzene rings is 1. The summed E-state index contributed by atoms with van der Waals surface area (Å²) in [5, 5.41) is 4.85. The molecule has 1 aromatic carbocycles. The van der Waals surface area contributed by atoms with Gasteiger partial charge in [-0.3, -0.25) is 0 Å². The van der Waals surface area contributed by atoms with Gasteiger partial charge in [-0.15, -0.1) is 12.4 Å². The molecule has 2 aromatic rings. The van der Waals surface area contributed by atoms with E-state index in [1.165, 1.54) is 0 Å². The number of rotatable bonds is 5. The molecule has 0 radical (unpaired) electrons. The highest BCUT2D eigenvalue weighted by Crippen LogP contribution is 2.32. The number of hydrogen-bond donors (Lipinski definition) is 1. The first-order valence-electron chi connectivity index (χ1n) is 7.85. The molecule has 2 rings (SSSR count). The first kappa shape index (κ1) is 21.4. The maximum absolute atomic E-state index is 6.23. The molecule has 5 heteroatoms. The fraction of sp³-hybridized carbons (Fsp3) is 0.474. The topological polar surface area (TPSA) is 25.2 Å². The Labute approximate surface area is 161 Å². The van der Waals surface area contributed by atoms with E-state index < -0.39 is 0 Å². The van der Waals surface area contributed by atoms with Crippen LogP contribution in [0.5, 0.6) is 0 Å². The molecule has 0 aliphatic heterocycles. The molecule has 0 atom stereocenters. The molecule has 1 N–H and O–H groups in total. The van der Waals surface area contributed by atoms with Crippen LogP contribution in [0.2, 0.25) is 10.0 Å². The maximum Gasteiger partial charge on any atom is 0.135 e. The van der Waals surface area contributed by atoms with E-state index in [-0.39, 0.29) is 23.4 Å². The average molecular weight is 391 g/mol. The Morgan fingerprint density at radius 2 is 1.67 bits per heavy atom. The van der Waals surface area contributed by atoms with E-state index in [0.29, 0.717) is 16.6 Å². The van der Waals surface area contributed by atoms with E-state index in [1.54, 1.807) is 12.1 Å². The summed E-state index contributed by atoms with van der Waals surface area (Å²) in [4.78, 5) is 0. The van der Waals surface area contributed by atoms with Crippen LogP contribution in [-0.4, -0.2) is 5.54 Å². The number of nitrogens with one attached hydrogen (secondary N) is 1. The van der Waals surface area contributed by atoms with Gasteiger partial charge < -0.3 is 9.73 Å². The zero-order valence-corrected chi connectivity index (χ0v) is 17.2. The molecular formula is C19H26Cl3NO. The van der Waals surface area contributed by atoms with E-state index in [1.807, 2.05) is 18.2 Å². The van der Waals surface area contributed by atoms with Gasteiger partial charge in [-0.1, -0.05) is 44.0 Å². The summed E-state index contributed by atoms with van der Waals surface area (Å²) in [6, 6.07) is 9.29. The lowest BCUT2D eigenvalue weighted by Crippen LogP contribution is -2.41. The Balaban J connectivity index is 0.00000288. The van der Waals surface area contributed by atoms with Crippen LogP contribution >= 0.6 is 35.6 Å². The van der Waals surface area contributed by atoms with E-state index in [0.717, 1.165) is 23.5 Å². The molecule has 0 bridgehead atoms. The number of hydrogen-bond acceptors (Lipinski definition) is 2. The standard InChI is InChI=1S/C19H25Cl2NO.ClH/c1-18(2,3)12-19(4,5)22-11-14-7-9-17(23-14)15-10-13(20)6-8-16(15)21;/h6-10,22H,11-12H2,1-5H3;1H. The molecule has 0 fully saturated rings. The lowest BCUT2D eigenvalue weighted by Gasteiger charge is -2.33. The largest absolute Gasteiger partial charge is 0.460 e. The van der Waals surface area contributed by atoms with Gasteiger partial charge >= 0.3 is 0 Å². The van der Waals surface area contributed by atoms with E-state index in [9.17, 15) is 0 Å². The Bertz CT molecular complexity index is 671. The second-order valence-corrected chi connectivity index (χ2v) is 8.71. The summed E-state index contributed by atoms with van der Waals surface area (Å²) in [5.74, 6) is 1.63. The minimum Gasteiger partial charge on any atom is -0.460 e. The molecule has 0 saturated heterocycles. The molecule has 0 unspecified atom stereocenters. The Hall–Kier alpha value is -0.670. The van der Waals surface area contributed by atoms with Crippen LogP contribution in [-0.2, 0) is 6.54 Å². The van der Waals surface area contributed by atoms with Crippen LogP contribution in [0.25, 0.3) is 11.3 Å². The van der Waals surface area contributed by atoms with Gasteiger partial charge in [-0.05, 0) is 56.0 Å². The molecular weight excluding hydrogens is 365 g/mol. The zero-order chi connectivity index (χ0) is 17.3. The van der Waals surface area contributed by atoms with Crippen molar-refractivity contribution in [2.24, 2.45) is 5.41 Å². The highest BCUT2D eigenvalue weighted by Gasteiger charge is 2.25. The van der Waals surface area contributed by atoms with Crippen LogP contribution in [0.3, 0.4) is 0 Å². The average Bonchev–Trinajstić information content (AvgIpc) is 2.85. The van der Waals surface area contributed by atoms with Crippen molar-refractivity contribution in [3.05, 3.63) is 46.1 Å². The quantitative estimate of drug-likeness (QED) is 0.595. The van der Waals surface area contributed by atoms with Crippen LogP contribution in [0.4, 0.5) is 0 Å². The number of halogens is 3. The lowest BCUT2D eigenvalue weighted by atomic mass is 9.82. The third kappa shape index (κ3) is 6.33. The Kier molecular flexibility index (Phi) is 7.25. The van der Waals surface area contributed by atoms with Crippen molar-refractivity contribution in [1.29, 1.82) is 0 Å². The van der Waals surface area contributed by atoms with Gasteiger partial charge in [-0.2, -0.15) is 0 Å². The summed E-state index contributed by atoms with van der Waals surface area (Å²) in [7, 11) is 0. The van der Waals surface area contributed by atoms with Crippen LogP contribution < -0.4 is 5.32 Å². The molecule has 2 nitrogen and oxygen atoms in total. The van der Waals surface area contributed by atoms with Crippen LogP contribution in [0.1, 0.15) is 46.8 Å². The first-order chi connectivity index (χ1) is 10.6. The van der Waals surface area contributed by atoms with Gasteiger partial charge in [0.1, 0.15) is 11.5 Å². The van der Waals surface area contributed by atoms with Gasteiger partial charge in [0.25, 0.3) is 0 Å². The lowest BCUT2D eigenvalue weighted by molar-refractivity contribution is 0.236. The summed E-state index contributed by atoms with van der Waals surface area (Å²) in [6.45, 7) is 11.9. The van der Waals surface area contributed by atoms with Gasteiger partial charge in [0.2, 0.25) is 0 Å². The summed E-state index contributed by atoms with van der Waals surface area (Å²) in [5.41, 5.74) is 1.14. The fourth-order valence-corrected chi connectivity index (χ4v) is 3.40. The van der Waals surface area contributed by atoms with Crippen molar-refractivity contribution < 1.29 is 4.42 Å². The van der Waals surface area contributed by atoms with Crippen molar-refractivity contribution in [3.63, 3.8) is 0 Å². The normalized spacial score (nSPS) is 12.1. The Morgan fingerprint density at radius 1 is 1.00 bits per heavy atom. The van der Waals surface area contributed by atoms with Gasteiger partial charge in [0, 0.05) is 16.1 Å². The molecule has 1 aromatic heterocycles. The maximum atomic E-state index is 6.23. The second kappa shape index (κ2) is 8.14. The van der Waals surface area contributed by atoms with Crippen LogP contribution in [0, 0.1) is 5.41 Å². The predicted octanol–water partition coefficient (Wildman–Crippen LogP) is 6.98. The third-order valence-electron chi connectivity index (χ3n) is 3.57. The molecule has 134 valence electrons. The van der Waals surface area contributed by atoms with Gasteiger partial charge in [0.15, 0.2) is 0 Å². The minimum absolute atomic E-state index is 0. The van der Waals surface area contributed by atoms with Gasteiger partial charge in [-0.25, -0.2) is 0 Å². The zero-order valence-electron chi connectivity index (χ0n) is 14.9. The van der Waals surface area contributed by atoms with Crippen molar-refractivity contribution >= 4 is 35.6 Å². The Morgan fingerprint density at radius 3 is 2.29 bits per heavy atom. The van der Waals surface area contributed by atoms with Crippen molar-refractivity contribution in [2.45, 2.75) is 53.1 Å². The molecule has 0 spiro atoms. The molecule has 0 aliphatic rings. The molecule has 0 aliphatic carbocycles. The minimum atomic E-state index is 0. The molecule has 24 heavy (non-hydrogen) atoms. The molecule has 0 saturated carbocycles. The van der Waals surface area contributed by atoms with Crippen LogP contribution in [0.15, 0.2) is 34.7 Å². The highest BCUT2D eigenvalue weighted by atomic mass is 35.5. The first-order valence-corrected chi connectivity index (χ1v) is 8.61. The third-order valence-corrected chi connectivity index (χ3v) is 4.13.